The van der Waals surface area contributed by atoms with Crippen molar-refractivity contribution in [1.29, 1.82) is 0 Å². The molecule has 0 heterocycles. The highest BCUT2D eigenvalue weighted by atomic mass is 16.4. The van der Waals surface area contributed by atoms with Gasteiger partial charge in [-0.05, 0) is 123 Å². The molecule has 5 nitrogen and oxygen atoms in total. The zero-order valence-corrected chi connectivity index (χ0v) is 27.9. The highest BCUT2D eigenvalue weighted by Crippen LogP contribution is 2.36. The molecule has 0 fully saturated rings. The molecule has 0 bridgehead atoms. The average molecular weight is 667 g/mol. The number of hydrogen-bond acceptors (Lipinski definition) is 3. The Morgan fingerprint density at radius 3 is 1.06 bits per heavy atom. The van der Waals surface area contributed by atoms with Crippen molar-refractivity contribution in [1.82, 2.24) is 0 Å². The maximum absolute atomic E-state index is 11.5. The van der Waals surface area contributed by atoms with Crippen molar-refractivity contribution in [3.05, 3.63) is 174 Å². The van der Waals surface area contributed by atoms with Crippen LogP contribution in [0, 0.1) is 5.41 Å². The number of carbonyl (C=O) groups is 3. The van der Waals surface area contributed by atoms with Crippen molar-refractivity contribution in [2.24, 2.45) is 5.41 Å². The van der Waals surface area contributed by atoms with Gasteiger partial charge in [0.1, 0.15) is 6.29 Å². The number of allylic oxidation sites excluding steroid dienone is 4. The molecule has 1 aliphatic carbocycles. The van der Waals surface area contributed by atoms with Crippen LogP contribution in [0.2, 0.25) is 0 Å². The molecule has 5 heteroatoms. The van der Waals surface area contributed by atoms with Gasteiger partial charge in [-0.2, -0.15) is 0 Å². The van der Waals surface area contributed by atoms with E-state index in [9.17, 15) is 24.6 Å². The molecule has 0 saturated heterocycles. The molecule has 1 unspecified atom stereocenters. The van der Waals surface area contributed by atoms with Crippen molar-refractivity contribution in [2.45, 2.75) is 13.3 Å². The summed E-state index contributed by atoms with van der Waals surface area (Å²) in [5, 5.41) is 18.6. The van der Waals surface area contributed by atoms with Crippen LogP contribution in [0.1, 0.15) is 39.6 Å². The van der Waals surface area contributed by atoms with Gasteiger partial charge in [-0.25, -0.2) is 9.59 Å². The fraction of sp³-hybridized carbons (Fsp3) is 0.0652. The highest BCUT2D eigenvalue weighted by molar-refractivity contribution is 5.89. The minimum atomic E-state index is -0.948. The number of aldehydes is 1. The Labute approximate surface area is 296 Å². The number of carboxylic acids is 2. The third-order valence-electron chi connectivity index (χ3n) is 9.53. The van der Waals surface area contributed by atoms with Crippen LogP contribution in [0.3, 0.4) is 0 Å². The molecule has 0 aliphatic heterocycles. The fourth-order valence-corrected chi connectivity index (χ4v) is 6.35. The number of benzene rings is 6. The van der Waals surface area contributed by atoms with Gasteiger partial charge in [-0.15, -0.1) is 0 Å². The normalized spacial score (nSPS) is 15.2. The van der Waals surface area contributed by atoms with Crippen LogP contribution >= 0.6 is 0 Å². The first kappa shape index (κ1) is 32.9. The van der Waals surface area contributed by atoms with E-state index >= 15 is 0 Å². The molecular weight excluding hydrogens is 633 g/mol. The summed E-state index contributed by atoms with van der Waals surface area (Å²) in [6, 6.07) is 45.4. The lowest BCUT2D eigenvalue weighted by molar-refractivity contribution is -0.113. The van der Waals surface area contributed by atoms with Gasteiger partial charge in [0.05, 0.1) is 11.1 Å². The lowest BCUT2D eigenvalue weighted by Crippen LogP contribution is -2.15. The first-order valence-corrected chi connectivity index (χ1v) is 16.7. The van der Waals surface area contributed by atoms with Gasteiger partial charge in [0.2, 0.25) is 0 Å². The third kappa shape index (κ3) is 7.10. The van der Waals surface area contributed by atoms with Gasteiger partial charge in [0, 0.05) is 5.41 Å². The zero-order chi connectivity index (χ0) is 35.5. The van der Waals surface area contributed by atoms with E-state index in [2.05, 4.69) is 97.1 Å². The Morgan fingerprint density at radius 1 is 0.490 bits per heavy atom. The molecule has 7 rings (SSSR count). The summed E-state index contributed by atoms with van der Waals surface area (Å²) in [6.07, 6.45) is 7.80. The maximum atomic E-state index is 11.5. The van der Waals surface area contributed by atoms with Crippen molar-refractivity contribution < 1.29 is 24.6 Å². The zero-order valence-electron chi connectivity index (χ0n) is 27.9. The predicted molar refractivity (Wildman–Crippen MR) is 203 cm³/mol. The van der Waals surface area contributed by atoms with Crippen LogP contribution in [0.25, 0.3) is 61.2 Å². The Balaban J connectivity index is 1.23. The Bertz CT molecular complexity index is 2190. The number of carboxylic acid groups (broad SMARTS) is 2. The Hall–Kier alpha value is -6.59. The summed E-state index contributed by atoms with van der Waals surface area (Å²) in [4.78, 5) is 34.1. The molecular formula is C46H34O5. The minimum absolute atomic E-state index is 0.254. The van der Waals surface area contributed by atoms with E-state index in [4.69, 9.17) is 0 Å². The molecule has 1 aliphatic rings. The number of hydrogen-bond donors (Lipinski definition) is 2. The molecule has 0 spiro atoms. The molecule has 0 amide bonds. The molecule has 6 aromatic rings. The van der Waals surface area contributed by atoms with Gasteiger partial charge < -0.3 is 15.0 Å². The van der Waals surface area contributed by atoms with Gasteiger partial charge in [0.15, 0.2) is 0 Å². The van der Waals surface area contributed by atoms with Crippen LogP contribution in [0.15, 0.2) is 158 Å². The van der Waals surface area contributed by atoms with Gasteiger partial charge in [-0.1, -0.05) is 115 Å². The monoisotopic (exact) mass is 666 g/mol. The average Bonchev–Trinajstić information content (AvgIpc) is 3.18. The summed E-state index contributed by atoms with van der Waals surface area (Å²) in [6.45, 7) is 1.94. The summed E-state index contributed by atoms with van der Waals surface area (Å²) in [5.74, 6) is -1.90. The first-order chi connectivity index (χ1) is 24.7. The van der Waals surface area contributed by atoms with E-state index in [1.165, 1.54) is 0 Å². The predicted octanol–water partition coefficient (Wildman–Crippen LogP) is 11.0. The Morgan fingerprint density at radius 2 is 0.784 bits per heavy atom. The lowest BCUT2D eigenvalue weighted by atomic mass is 9.82. The van der Waals surface area contributed by atoms with Crippen LogP contribution in [0.5, 0.6) is 0 Å². The van der Waals surface area contributed by atoms with E-state index in [1.807, 2.05) is 43.3 Å². The fourth-order valence-electron chi connectivity index (χ4n) is 6.35. The number of carbonyl (C=O) groups excluding carboxylic acids is 1. The summed E-state index contributed by atoms with van der Waals surface area (Å²) in [7, 11) is 0. The topological polar surface area (TPSA) is 91.7 Å². The van der Waals surface area contributed by atoms with E-state index in [-0.39, 0.29) is 11.1 Å². The highest BCUT2D eigenvalue weighted by Gasteiger charge is 2.22. The second-order valence-electron chi connectivity index (χ2n) is 13.1. The summed E-state index contributed by atoms with van der Waals surface area (Å²) >= 11 is 0. The molecule has 0 radical (unpaired) electrons. The third-order valence-corrected chi connectivity index (χ3v) is 9.53. The van der Waals surface area contributed by atoms with Crippen molar-refractivity contribution >= 4 is 23.8 Å². The molecule has 1 atom stereocenters. The van der Waals surface area contributed by atoms with Crippen molar-refractivity contribution in [3.8, 4) is 55.6 Å². The lowest BCUT2D eigenvalue weighted by Gasteiger charge is -2.21. The van der Waals surface area contributed by atoms with Gasteiger partial charge in [0.25, 0.3) is 0 Å². The van der Waals surface area contributed by atoms with E-state index in [0.29, 0.717) is 6.42 Å². The minimum Gasteiger partial charge on any atom is -0.478 e. The van der Waals surface area contributed by atoms with Gasteiger partial charge in [-0.3, -0.25) is 0 Å². The second-order valence-corrected chi connectivity index (χ2v) is 13.1. The van der Waals surface area contributed by atoms with Crippen LogP contribution in [-0.4, -0.2) is 28.4 Å². The smallest absolute Gasteiger partial charge is 0.335 e. The second kappa shape index (κ2) is 13.7. The number of aromatic carboxylic acids is 2. The van der Waals surface area contributed by atoms with E-state index < -0.39 is 17.4 Å². The van der Waals surface area contributed by atoms with Gasteiger partial charge >= 0.3 is 11.9 Å². The van der Waals surface area contributed by atoms with E-state index in [0.717, 1.165) is 73.1 Å². The Kier molecular flexibility index (Phi) is 8.87. The molecule has 248 valence electrons. The van der Waals surface area contributed by atoms with Crippen molar-refractivity contribution in [2.75, 3.05) is 0 Å². The van der Waals surface area contributed by atoms with Crippen molar-refractivity contribution in [3.63, 3.8) is 0 Å². The van der Waals surface area contributed by atoms with Crippen LogP contribution in [0.4, 0.5) is 0 Å². The molecule has 0 aromatic heterocycles. The van der Waals surface area contributed by atoms with Crippen LogP contribution in [-0.2, 0) is 4.79 Å². The quantitative estimate of drug-likeness (QED) is 0.150. The molecule has 2 N–H and O–H groups in total. The SMILES string of the molecule is CC1(C=O)C=CC(c2ccc(-c3cc(-c4ccc(-c5ccc(C(=O)O)cc5)cc4)cc(-c4ccc(-c5ccc(C(=O)O)cc5)cc4)c3)cc2)=CC1. The van der Waals surface area contributed by atoms with E-state index in [1.54, 1.807) is 24.3 Å². The van der Waals surface area contributed by atoms with Crippen LogP contribution < -0.4 is 0 Å². The molecule has 6 aromatic carbocycles. The number of rotatable bonds is 9. The molecule has 51 heavy (non-hydrogen) atoms. The standard InChI is InChI=1S/C46H34O5/c1-46(29-47)24-22-38(23-25-46)34-6-12-37(13-7-34)43-27-41(35-8-2-30(3-9-35)32-14-18-39(19-15-32)44(48)49)26-42(28-43)36-10-4-31(5-11-36)33-16-20-40(21-17-33)45(50)51/h2-24,26-29H,25H2,1H3,(H,48,49)(H,50,51). The summed E-state index contributed by atoms with van der Waals surface area (Å²) < 4.78 is 0. The largest absolute Gasteiger partial charge is 0.478 e. The summed E-state index contributed by atoms with van der Waals surface area (Å²) in [5.41, 5.74) is 12.5. The molecule has 0 saturated carbocycles. The maximum Gasteiger partial charge on any atom is 0.335 e. The first-order valence-electron chi connectivity index (χ1n) is 16.7.